The Morgan fingerprint density at radius 3 is 2.36 bits per heavy atom. The van der Waals surface area contributed by atoms with Gasteiger partial charge in [-0.3, -0.25) is 4.79 Å². The standard InChI is InChI=1S/C31H40N4O/c1-5-7-15-26(6-2)31(36)35-19-17-34(18-20-35)30-28(22-25-13-9-8-10-14-25)24(4)32-29(33-30)27-16-11-12-23(3)21-27/h8-14,16,21,26H,5-7,15,17-20,22H2,1-4H3/t26-/m0/s1. The van der Waals surface area contributed by atoms with Gasteiger partial charge in [0.1, 0.15) is 5.82 Å². The molecule has 2 heterocycles. The predicted octanol–water partition coefficient (Wildman–Crippen LogP) is 6.22. The minimum Gasteiger partial charge on any atom is -0.353 e. The van der Waals surface area contributed by atoms with Crippen LogP contribution in [0.1, 0.15) is 61.9 Å². The first-order valence-corrected chi connectivity index (χ1v) is 13.5. The lowest BCUT2D eigenvalue weighted by Crippen LogP contribution is -2.51. The number of carbonyl (C=O) groups excluding carboxylic acids is 1. The van der Waals surface area contributed by atoms with E-state index in [0.29, 0.717) is 5.91 Å². The fourth-order valence-electron chi connectivity index (χ4n) is 5.11. The van der Waals surface area contributed by atoms with Gasteiger partial charge in [-0.05, 0) is 38.3 Å². The van der Waals surface area contributed by atoms with Crippen LogP contribution in [0.25, 0.3) is 11.4 Å². The summed E-state index contributed by atoms with van der Waals surface area (Å²) >= 11 is 0. The first-order chi connectivity index (χ1) is 17.5. The zero-order chi connectivity index (χ0) is 25.5. The normalized spacial score (nSPS) is 14.7. The Labute approximate surface area is 216 Å². The number of piperazine rings is 1. The third-order valence-corrected chi connectivity index (χ3v) is 7.33. The second-order valence-electron chi connectivity index (χ2n) is 10.0. The van der Waals surface area contributed by atoms with Gasteiger partial charge >= 0.3 is 0 Å². The predicted molar refractivity (Wildman–Crippen MR) is 148 cm³/mol. The van der Waals surface area contributed by atoms with E-state index in [9.17, 15) is 4.79 Å². The highest BCUT2D eigenvalue weighted by Gasteiger charge is 2.28. The average molecular weight is 485 g/mol. The summed E-state index contributed by atoms with van der Waals surface area (Å²) in [6.45, 7) is 11.6. The van der Waals surface area contributed by atoms with Crippen molar-refractivity contribution in [3.8, 4) is 11.4 Å². The van der Waals surface area contributed by atoms with Crippen molar-refractivity contribution in [2.45, 2.75) is 59.8 Å². The van der Waals surface area contributed by atoms with Crippen LogP contribution in [-0.2, 0) is 11.2 Å². The van der Waals surface area contributed by atoms with Crippen molar-refractivity contribution in [2.75, 3.05) is 31.1 Å². The molecule has 1 aromatic heterocycles. The highest BCUT2D eigenvalue weighted by Crippen LogP contribution is 2.29. The lowest BCUT2D eigenvalue weighted by molar-refractivity contribution is -0.136. The number of hydrogen-bond donors (Lipinski definition) is 0. The van der Waals surface area contributed by atoms with Gasteiger partial charge in [0, 0.05) is 55.3 Å². The molecule has 1 saturated heterocycles. The van der Waals surface area contributed by atoms with Gasteiger partial charge in [0.25, 0.3) is 0 Å². The van der Waals surface area contributed by atoms with Gasteiger partial charge in [-0.15, -0.1) is 0 Å². The third-order valence-electron chi connectivity index (χ3n) is 7.33. The monoisotopic (exact) mass is 484 g/mol. The Hall–Kier alpha value is -3.21. The molecule has 3 aromatic rings. The lowest BCUT2D eigenvalue weighted by Gasteiger charge is -2.38. The van der Waals surface area contributed by atoms with Crippen molar-refractivity contribution in [2.24, 2.45) is 5.92 Å². The molecule has 1 amide bonds. The number of benzene rings is 2. The molecular weight excluding hydrogens is 444 g/mol. The third kappa shape index (κ3) is 6.13. The van der Waals surface area contributed by atoms with E-state index in [1.54, 1.807) is 0 Å². The molecule has 1 fully saturated rings. The summed E-state index contributed by atoms with van der Waals surface area (Å²) in [6.07, 6.45) is 4.97. The van der Waals surface area contributed by atoms with Gasteiger partial charge in [-0.2, -0.15) is 0 Å². The van der Waals surface area contributed by atoms with E-state index >= 15 is 0 Å². The van der Waals surface area contributed by atoms with Crippen molar-refractivity contribution >= 4 is 11.7 Å². The van der Waals surface area contributed by atoms with Crippen molar-refractivity contribution < 1.29 is 4.79 Å². The fourth-order valence-corrected chi connectivity index (χ4v) is 5.11. The first-order valence-electron chi connectivity index (χ1n) is 13.5. The SMILES string of the molecule is CCCC[C@H](CC)C(=O)N1CCN(c2nc(-c3cccc(C)c3)nc(C)c2Cc2ccccc2)CC1. The van der Waals surface area contributed by atoms with Gasteiger partial charge in [0.2, 0.25) is 5.91 Å². The number of amides is 1. The lowest BCUT2D eigenvalue weighted by atomic mass is 9.97. The summed E-state index contributed by atoms with van der Waals surface area (Å²) in [6, 6.07) is 18.9. The van der Waals surface area contributed by atoms with Gasteiger partial charge in [0.05, 0.1) is 0 Å². The summed E-state index contributed by atoms with van der Waals surface area (Å²) in [5, 5.41) is 0. The molecule has 1 aliphatic rings. The molecule has 0 N–H and O–H groups in total. The van der Waals surface area contributed by atoms with Crippen LogP contribution >= 0.6 is 0 Å². The van der Waals surface area contributed by atoms with E-state index in [1.807, 2.05) is 0 Å². The summed E-state index contributed by atoms with van der Waals surface area (Å²) in [7, 11) is 0. The van der Waals surface area contributed by atoms with Crippen LogP contribution in [0.15, 0.2) is 54.6 Å². The number of nitrogens with zero attached hydrogens (tertiary/aromatic N) is 4. The van der Waals surface area contributed by atoms with Crippen molar-refractivity contribution in [1.82, 2.24) is 14.9 Å². The number of aryl methyl sites for hydroxylation is 2. The summed E-state index contributed by atoms with van der Waals surface area (Å²) < 4.78 is 0. The van der Waals surface area contributed by atoms with Gasteiger partial charge in [-0.25, -0.2) is 9.97 Å². The smallest absolute Gasteiger partial charge is 0.225 e. The van der Waals surface area contributed by atoms with Crippen molar-refractivity contribution in [3.05, 3.63) is 77.0 Å². The number of aromatic nitrogens is 2. The van der Waals surface area contributed by atoms with Crippen LogP contribution < -0.4 is 4.90 Å². The van der Waals surface area contributed by atoms with Crippen LogP contribution in [0.3, 0.4) is 0 Å². The van der Waals surface area contributed by atoms with E-state index in [2.05, 4.69) is 92.1 Å². The molecule has 0 saturated carbocycles. The van der Waals surface area contributed by atoms with Crippen molar-refractivity contribution in [1.29, 1.82) is 0 Å². The Bertz CT molecular complexity index is 1150. The minimum absolute atomic E-state index is 0.152. The van der Waals surface area contributed by atoms with E-state index in [1.165, 1.54) is 16.7 Å². The molecule has 1 atom stereocenters. The van der Waals surface area contributed by atoms with Crippen LogP contribution in [0.2, 0.25) is 0 Å². The van der Waals surface area contributed by atoms with Crippen LogP contribution in [-0.4, -0.2) is 47.0 Å². The molecule has 190 valence electrons. The zero-order valence-corrected chi connectivity index (χ0v) is 22.3. The molecule has 2 aromatic carbocycles. The zero-order valence-electron chi connectivity index (χ0n) is 22.3. The maximum absolute atomic E-state index is 13.2. The van der Waals surface area contributed by atoms with E-state index in [-0.39, 0.29) is 5.92 Å². The molecule has 0 aliphatic carbocycles. The second kappa shape index (κ2) is 12.2. The molecule has 0 spiro atoms. The maximum Gasteiger partial charge on any atom is 0.225 e. The van der Waals surface area contributed by atoms with Gasteiger partial charge < -0.3 is 9.80 Å². The van der Waals surface area contributed by atoms with Crippen LogP contribution in [0, 0.1) is 19.8 Å². The molecule has 1 aliphatic heterocycles. The summed E-state index contributed by atoms with van der Waals surface area (Å²) in [5.74, 6) is 2.26. The maximum atomic E-state index is 13.2. The fraction of sp³-hybridized carbons (Fsp3) is 0.452. The van der Waals surface area contributed by atoms with E-state index in [0.717, 1.165) is 81.2 Å². The number of rotatable bonds is 9. The largest absolute Gasteiger partial charge is 0.353 e. The molecule has 5 heteroatoms. The highest BCUT2D eigenvalue weighted by molar-refractivity contribution is 5.79. The Balaban J connectivity index is 1.61. The molecule has 0 radical (unpaired) electrons. The average Bonchev–Trinajstić information content (AvgIpc) is 2.90. The van der Waals surface area contributed by atoms with E-state index < -0.39 is 0 Å². The number of anilines is 1. The summed E-state index contributed by atoms with van der Waals surface area (Å²) in [4.78, 5) is 27.7. The van der Waals surface area contributed by atoms with Crippen molar-refractivity contribution in [3.63, 3.8) is 0 Å². The molecular formula is C31H40N4O. The number of hydrogen-bond acceptors (Lipinski definition) is 4. The topological polar surface area (TPSA) is 49.3 Å². The Morgan fingerprint density at radius 1 is 0.944 bits per heavy atom. The Kier molecular flexibility index (Phi) is 8.74. The molecule has 0 unspecified atom stereocenters. The van der Waals surface area contributed by atoms with Gasteiger partial charge in [-0.1, -0.05) is 80.8 Å². The number of unbranched alkanes of at least 4 members (excludes halogenated alkanes) is 1. The summed E-state index contributed by atoms with van der Waals surface area (Å²) in [5.41, 5.74) is 5.69. The second-order valence-corrected chi connectivity index (χ2v) is 10.0. The Morgan fingerprint density at radius 2 is 1.69 bits per heavy atom. The van der Waals surface area contributed by atoms with E-state index in [4.69, 9.17) is 9.97 Å². The van der Waals surface area contributed by atoms with Gasteiger partial charge in [0.15, 0.2) is 5.82 Å². The first kappa shape index (κ1) is 25.9. The number of carbonyl (C=O) groups is 1. The van der Waals surface area contributed by atoms with Crippen LogP contribution in [0.4, 0.5) is 5.82 Å². The van der Waals surface area contributed by atoms with Crippen LogP contribution in [0.5, 0.6) is 0 Å². The molecule has 36 heavy (non-hydrogen) atoms. The quantitative estimate of drug-likeness (QED) is 0.362. The molecule has 0 bridgehead atoms. The minimum atomic E-state index is 0.152. The highest BCUT2D eigenvalue weighted by atomic mass is 16.2. The molecule has 4 rings (SSSR count). The molecule has 5 nitrogen and oxygen atoms in total.